The molecular formula is C23H34IN5O2S. The molecule has 0 radical (unpaired) electrons. The monoisotopic (exact) mass is 571 g/mol. The number of hydrogen-bond acceptors (Lipinski definition) is 4. The van der Waals surface area contributed by atoms with E-state index in [0.717, 1.165) is 43.1 Å². The Morgan fingerprint density at radius 2 is 1.88 bits per heavy atom. The molecule has 1 unspecified atom stereocenters. The van der Waals surface area contributed by atoms with Crippen LogP contribution in [0.1, 0.15) is 30.0 Å². The van der Waals surface area contributed by atoms with Crippen molar-refractivity contribution in [2.75, 3.05) is 31.6 Å². The van der Waals surface area contributed by atoms with Crippen LogP contribution >= 0.6 is 24.0 Å². The lowest BCUT2D eigenvalue weighted by Gasteiger charge is -2.20. The van der Waals surface area contributed by atoms with Crippen molar-refractivity contribution < 1.29 is 8.42 Å². The van der Waals surface area contributed by atoms with Crippen molar-refractivity contribution in [1.82, 2.24) is 15.4 Å². The predicted molar refractivity (Wildman–Crippen MR) is 143 cm³/mol. The zero-order valence-electron chi connectivity index (χ0n) is 19.0. The van der Waals surface area contributed by atoms with E-state index in [1.165, 1.54) is 18.3 Å². The average molecular weight is 572 g/mol. The highest BCUT2D eigenvalue weighted by Gasteiger charge is 2.23. The lowest BCUT2D eigenvalue weighted by atomic mass is 10.1. The van der Waals surface area contributed by atoms with Gasteiger partial charge < -0.3 is 15.5 Å². The molecule has 1 atom stereocenters. The van der Waals surface area contributed by atoms with Gasteiger partial charge in [-0.3, -0.25) is 0 Å². The van der Waals surface area contributed by atoms with E-state index in [0.29, 0.717) is 12.6 Å². The van der Waals surface area contributed by atoms with Gasteiger partial charge >= 0.3 is 0 Å². The van der Waals surface area contributed by atoms with Crippen LogP contribution in [0.15, 0.2) is 53.5 Å². The van der Waals surface area contributed by atoms with Gasteiger partial charge in [-0.1, -0.05) is 42.0 Å². The van der Waals surface area contributed by atoms with Crippen LogP contribution in [-0.4, -0.2) is 47.1 Å². The van der Waals surface area contributed by atoms with E-state index in [2.05, 4.69) is 51.4 Å². The highest BCUT2D eigenvalue weighted by molar-refractivity contribution is 14.0. The number of nitrogens with zero attached hydrogens (tertiary/aromatic N) is 2. The Kier molecular flexibility index (Phi) is 10.2. The van der Waals surface area contributed by atoms with Gasteiger partial charge in [0.15, 0.2) is 5.96 Å². The second-order valence-corrected chi connectivity index (χ2v) is 9.82. The van der Waals surface area contributed by atoms with Crippen molar-refractivity contribution in [3.05, 3.63) is 65.2 Å². The number of halogens is 1. The zero-order chi connectivity index (χ0) is 22.3. The van der Waals surface area contributed by atoms with E-state index in [4.69, 9.17) is 4.99 Å². The molecule has 1 saturated heterocycles. The fourth-order valence-corrected chi connectivity index (χ4v) is 4.42. The maximum absolute atomic E-state index is 11.8. The Hall–Kier alpha value is -1.85. The van der Waals surface area contributed by atoms with Crippen molar-refractivity contribution in [3.63, 3.8) is 0 Å². The summed E-state index contributed by atoms with van der Waals surface area (Å²) < 4.78 is 26.0. The van der Waals surface area contributed by atoms with Crippen LogP contribution in [0, 0.1) is 6.92 Å². The molecule has 176 valence electrons. The second kappa shape index (κ2) is 12.4. The largest absolute Gasteiger partial charge is 0.369 e. The summed E-state index contributed by atoms with van der Waals surface area (Å²) in [5.41, 5.74) is 4.26. The molecule has 2 aromatic rings. The third kappa shape index (κ3) is 7.93. The molecule has 0 amide bonds. The molecule has 0 bridgehead atoms. The summed E-state index contributed by atoms with van der Waals surface area (Å²) in [7, 11) is -1.86. The summed E-state index contributed by atoms with van der Waals surface area (Å²) in [6, 6.07) is 16.6. The van der Waals surface area contributed by atoms with Crippen LogP contribution < -0.4 is 20.3 Å². The molecule has 3 rings (SSSR count). The first-order chi connectivity index (χ1) is 14.9. The molecule has 0 spiro atoms. The molecular weight excluding hydrogens is 537 g/mol. The van der Waals surface area contributed by atoms with E-state index in [1.54, 1.807) is 0 Å². The lowest BCUT2D eigenvalue weighted by molar-refractivity contribution is 0.587. The van der Waals surface area contributed by atoms with Crippen molar-refractivity contribution in [1.29, 1.82) is 0 Å². The van der Waals surface area contributed by atoms with Crippen molar-refractivity contribution in [2.24, 2.45) is 4.99 Å². The van der Waals surface area contributed by atoms with Gasteiger partial charge in [0.05, 0.1) is 12.3 Å². The number of aryl methyl sites for hydroxylation is 1. The van der Waals surface area contributed by atoms with Gasteiger partial charge in [0.1, 0.15) is 0 Å². The standard InChI is InChI=1S/C23H33N5O2S.HI/c1-4-25-23(26-15-19-6-5-7-20(14-19)17-31(29,30)24-3)27-21-12-13-28(16-21)22-10-8-18(2)9-11-22;/h5-11,14,21,24H,4,12-13,15-17H2,1-3H3,(H2,25,26,27);1H. The third-order valence-electron chi connectivity index (χ3n) is 5.35. The van der Waals surface area contributed by atoms with Crippen LogP contribution in [0.3, 0.4) is 0 Å². The van der Waals surface area contributed by atoms with Crippen molar-refractivity contribution in [2.45, 2.75) is 38.6 Å². The quantitative estimate of drug-likeness (QED) is 0.258. The van der Waals surface area contributed by atoms with Gasteiger partial charge in [-0.25, -0.2) is 18.1 Å². The summed E-state index contributed by atoms with van der Waals surface area (Å²) in [5, 5.41) is 6.87. The third-order valence-corrected chi connectivity index (χ3v) is 6.69. The molecule has 32 heavy (non-hydrogen) atoms. The number of benzene rings is 2. The van der Waals surface area contributed by atoms with Crippen LogP contribution in [-0.2, 0) is 22.3 Å². The maximum atomic E-state index is 11.8. The summed E-state index contributed by atoms with van der Waals surface area (Å²) in [4.78, 5) is 7.12. The number of guanidine groups is 1. The second-order valence-electron chi connectivity index (χ2n) is 7.89. The first-order valence-corrected chi connectivity index (χ1v) is 12.4. The van der Waals surface area contributed by atoms with E-state index in [9.17, 15) is 8.42 Å². The molecule has 1 aliphatic heterocycles. The van der Waals surface area contributed by atoms with Gasteiger partial charge in [-0.15, -0.1) is 24.0 Å². The van der Waals surface area contributed by atoms with E-state index < -0.39 is 10.0 Å². The Labute approximate surface area is 209 Å². The Morgan fingerprint density at radius 1 is 1.16 bits per heavy atom. The minimum atomic E-state index is -3.29. The topological polar surface area (TPSA) is 85.8 Å². The summed E-state index contributed by atoms with van der Waals surface area (Å²) in [6.45, 7) is 7.37. The van der Waals surface area contributed by atoms with Gasteiger partial charge in [0.25, 0.3) is 0 Å². The summed E-state index contributed by atoms with van der Waals surface area (Å²) >= 11 is 0. The molecule has 0 saturated carbocycles. The van der Waals surface area contributed by atoms with E-state index in [1.807, 2.05) is 31.2 Å². The van der Waals surface area contributed by atoms with Gasteiger partial charge in [0.2, 0.25) is 10.0 Å². The fraction of sp³-hybridized carbons (Fsp3) is 0.435. The molecule has 0 aromatic heterocycles. The van der Waals surface area contributed by atoms with E-state index >= 15 is 0 Å². The molecule has 1 aliphatic rings. The van der Waals surface area contributed by atoms with Crippen LogP contribution in [0.25, 0.3) is 0 Å². The molecule has 3 N–H and O–H groups in total. The molecule has 0 aliphatic carbocycles. The molecule has 1 heterocycles. The van der Waals surface area contributed by atoms with Crippen molar-refractivity contribution >= 4 is 45.6 Å². The normalized spacial score (nSPS) is 16.5. The van der Waals surface area contributed by atoms with Gasteiger partial charge in [-0.2, -0.15) is 0 Å². The van der Waals surface area contributed by atoms with Crippen LogP contribution in [0.2, 0.25) is 0 Å². The minimum absolute atomic E-state index is 0. The summed E-state index contributed by atoms with van der Waals surface area (Å²) in [5.74, 6) is 0.752. The van der Waals surface area contributed by atoms with Gasteiger partial charge in [-0.05, 0) is 50.6 Å². The van der Waals surface area contributed by atoms with E-state index in [-0.39, 0.29) is 29.7 Å². The molecule has 2 aromatic carbocycles. The first kappa shape index (κ1) is 26.4. The number of aliphatic imine (C=N–C) groups is 1. The first-order valence-electron chi connectivity index (χ1n) is 10.7. The Bertz CT molecular complexity index is 996. The highest BCUT2D eigenvalue weighted by atomic mass is 127. The number of anilines is 1. The van der Waals surface area contributed by atoms with Crippen molar-refractivity contribution in [3.8, 4) is 0 Å². The molecule has 7 nitrogen and oxygen atoms in total. The zero-order valence-corrected chi connectivity index (χ0v) is 22.1. The van der Waals surface area contributed by atoms with Crippen LogP contribution in [0.4, 0.5) is 5.69 Å². The highest BCUT2D eigenvalue weighted by Crippen LogP contribution is 2.20. The lowest BCUT2D eigenvalue weighted by Crippen LogP contribution is -2.44. The predicted octanol–water partition coefficient (Wildman–Crippen LogP) is 3.00. The SMILES string of the molecule is CCNC(=NCc1cccc(CS(=O)(=O)NC)c1)NC1CCN(c2ccc(C)cc2)C1.I. The number of rotatable bonds is 8. The minimum Gasteiger partial charge on any atom is -0.369 e. The smallest absolute Gasteiger partial charge is 0.215 e. The molecule has 9 heteroatoms. The Balaban J connectivity index is 0.00000363. The van der Waals surface area contributed by atoms with Gasteiger partial charge in [0, 0.05) is 31.4 Å². The average Bonchev–Trinajstić information content (AvgIpc) is 3.21. The maximum Gasteiger partial charge on any atom is 0.215 e. The van der Waals surface area contributed by atoms with Crippen LogP contribution in [0.5, 0.6) is 0 Å². The summed E-state index contributed by atoms with van der Waals surface area (Å²) in [6.07, 6.45) is 1.05. The fourth-order valence-electron chi connectivity index (χ4n) is 3.66. The molecule has 1 fully saturated rings. The number of nitrogens with one attached hydrogen (secondary N) is 3. The number of sulfonamides is 1. The Morgan fingerprint density at radius 3 is 2.56 bits per heavy atom. The number of hydrogen-bond donors (Lipinski definition) is 3.